The first-order valence-corrected chi connectivity index (χ1v) is 15.6. The molecule has 4 heterocycles. The summed E-state index contributed by atoms with van der Waals surface area (Å²) in [5.41, 5.74) is 2.54. The van der Waals surface area contributed by atoms with Crippen molar-refractivity contribution in [3.63, 3.8) is 0 Å². The molecule has 10 nitrogen and oxygen atoms in total. The summed E-state index contributed by atoms with van der Waals surface area (Å²) in [6.07, 6.45) is 2.27. The van der Waals surface area contributed by atoms with Crippen LogP contribution in [-0.4, -0.2) is 79.3 Å². The van der Waals surface area contributed by atoms with E-state index in [2.05, 4.69) is 37.5 Å². The van der Waals surface area contributed by atoms with Crippen molar-refractivity contribution in [1.29, 1.82) is 0 Å². The van der Waals surface area contributed by atoms with Crippen LogP contribution in [0.5, 0.6) is 0 Å². The van der Waals surface area contributed by atoms with Gasteiger partial charge in [0.1, 0.15) is 11.5 Å². The molecule has 1 amide bonds. The normalized spacial score (nSPS) is 14.1. The Morgan fingerprint density at radius 2 is 1.80 bits per heavy atom. The van der Waals surface area contributed by atoms with Gasteiger partial charge in [0, 0.05) is 70.0 Å². The molecule has 0 radical (unpaired) electrons. The highest BCUT2D eigenvalue weighted by Crippen LogP contribution is 2.33. The van der Waals surface area contributed by atoms with Crippen LogP contribution in [0.2, 0.25) is 0 Å². The fraction of sp³-hybridized carbons (Fsp3) is 0.286. The monoisotopic (exact) mass is 674 g/mol. The molecule has 254 valence electrons. The summed E-state index contributed by atoms with van der Waals surface area (Å²) < 4.78 is 60.2. The second kappa shape index (κ2) is 14.1. The Labute approximate surface area is 280 Å². The number of aryl methyl sites for hydroxylation is 2. The smallest absolute Gasteiger partial charge is 0.395 e. The topological polar surface area (TPSA) is 103 Å². The molecular formula is C35H34F4N8O2. The van der Waals surface area contributed by atoms with Gasteiger partial charge in [-0.3, -0.25) is 23.7 Å². The van der Waals surface area contributed by atoms with Gasteiger partial charge in [0.2, 0.25) is 0 Å². The van der Waals surface area contributed by atoms with Gasteiger partial charge in [0.15, 0.2) is 5.65 Å². The molecule has 1 fully saturated rings. The van der Waals surface area contributed by atoms with Gasteiger partial charge < -0.3 is 15.7 Å². The summed E-state index contributed by atoms with van der Waals surface area (Å²) in [7, 11) is 1.81. The van der Waals surface area contributed by atoms with Gasteiger partial charge >= 0.3 is 6.18 Å². The SMILES string of the molecule is Cc1cc(F)c(C(=O)Nc2cc(CN3CCN(CCO)CC3)cc(C(F)(F)F)c2)cc1C#Cc1cnc2c(Nc3cnn(C)c3)cccn12. The lowest BCUT2D eigenvalue weighted by Gasteiger charge is -2.34. The number of aliphatic hydroxyl groups excluding tert-OH is 1. The molecule has 0 bridgehead atoms. The predicted octanol–water partition coefficient (Wildman–Crippen LogP) is 5.04. The Morgan fingerprint density at radius 1 is 1.02 bits per heavy atom. The number of imidazole rings is 1. The minimum absolute atomic E-state index is 0.0425. The zero-order valence-electron chi connectivity index (χ0n) is 26.9. The number of amides is 1. The Balaban J connectivity index is 1.22. The maximum absolute atomic E-state index is 15.1. The number of fused-ring (bicyclic) bond motifs is 1. The number of anilines is 3. The molecule has 6 rings (SSSR count). The highest BCUT2D eigenvalue weighted by molar-refractivity contribution is 6.04. The first kappa shape index (κ1) is 33.7. The first-order valence-electron chi connectivity index (χ1n) is 15.6. The van der Waals surface area contributed by atoms with Gasteiger partial charge in [-0.2, -0.15) is 18.3 Å². The number of nitrogens with zero attached hydrogens (tertiary/aromatic N) is 6. The van der Waals surface area contributed by atoms with E-state index in [9.17, 15) is 23.1 Å². The molecule has 0 atom stereocenters. The van der Waals surface area contributed by atoms with Gasteiger partial charge in [-0.1, -0.05) is 5.92 Å². The number of hydrogen-bond donors (Lipinski definition) is 3. The summed E-state index contributed by atoms with van der Waals surface area (Å²) in [4.78, 5) is 21.9. The highest BCUT2D eigenvalue weighted by Gasteiger charge is 2.32. The largest absolute Gasteiger partial charge is 0.416 e. The average Bonchev–Trinajstić information content (AvgIpc) is 3.67. The van der Waals surface area contributed by atoms with E-state index in [-0.39, 0.29) is 24.4 Å². The van der Waals surface area contributed by atoms with E-state index in [0.29, 0.717) is 60.8 Å². The number of pyridine rings is 1. The van der Waals surface area contributed by atoms with Crippen LogP contribution in [0.25, 0.3) is 5.65 Å². The number of hydrogen-bond acceptors (Lipinski definition) is 7. The highest BCUT2D eigenvalue weighted by atomic mass is 19.4. The zero-order chi connectivity index (χ0) is 34.7. The van der Waals surface area contributed by atoms with E-state index in [0.717, 1.165) is 23.5 Å². The molecule has 1 aliphatic heterocycles. The Morgan fingerprint density at radius 3 is 2.51 bits per heavy atom. The number of halogens is 4. The molecule has 14 heteroatoms. The van der Waals surface area contributed by atoms with Crippen LogP contribution in [0.15, 0.2) is 67.3 Å². The summed E-state index contributed by atoms with van der Waals surface area (Å²) in [5, 5.41) is 19.1. The Bertz CT molecular complexity index is 2050. The van der Waals surface area contributed by atoms with Crippen LogP contribution >= 0.6 is 0 Å². The number of alkyl halides is 3. The lowest BCUT2D eigenvalue weighted by molar-refractivity contribution is -0.137. The minimum Gasteiger partial charge on any atom is -0.395 e. The van der Waals surface area contributed by atoms with E-state index < -0.39 is 23.5 Å². The lowest BCUT2D eigenvalue weighted by atomic mass is 10.0. The van der Waals surface area contributed by atoms with Crippen LogP contribution < -0.4 is 10.6 Å². The van der Waals surface area contributed by atoms with Crippen molar-refractivity contribution in [3.8, 4) is 11.8 Å². The predicted molar refractivity (Wildman–Crippen MR) is 177 cm³/mol. The van der Waals surface area contributed by atoms with Crippen molar-refractivity contribution >= 4 is 28.6 Å². The Kier molecular flexibility index (Phi) is 9.68. The second-order valence-electron chi connectivity index (χ2n) is 11.9. The molecular weight excluding hydrogens is 640 g/mol. The quantitative estimate of drug-likeness (QED) is 0.157. The number of benzene rings is 2. The number of carbonyl (C=O) groups excluding carboxylic acids is 1. The van der Waals surface area contributed by atoms with E-state index in [1.54, 1.807) is 34.6 Å². The van der Waals surface area contributed by atoms with Crippen LogP contribution in [0.4, 0.5) is 34.6 Å². The van der Waals surface area contributed by atoms with E-state index in [1.165, 1.54) is 18.2 Å². The summed E-state index contributed by atoms with van der Waals surface area (Å²) >= 11 is 0. The number of β-amino-alcohol motifs (C(OH)–C–C–N with tert-alkyl or cyclic N) is 1. The molecule has 49 heavy (non-hydrogen) atoms. The fourth-order valence-electron chi connectivity index (χ4n) is 5.74. The molecule has 1 aliphatic rings. The summed E-state index contributed by atoms with van der Waals surface area (Å²) in [5.74, 6) is 4.32. The van der Waals surface area contributed by atoms with Gasteiger partial charge in [-0.25, -0.2) is 9.37 Å². The third-order valence-electron chi connectivity index (χ3n) is 8.27. The van der Waals surface area contributed by atoms with E-state index in [4.69, 9.17) is 0 Å². The van der Waals surface area contributed by atoms with E-state index >= 15 is 4.39 Å². The van der Waals surface area contributed by atoms with Crippen molar-refractivity contribution < 1.29 is 27.5 Å². The Hall–Kier alpha value is -5.23. The average molecular weight is 675 g/mol. The van der Waals surface area contributed by atoms with Gasteiger partial charge in [0.25, 0.3) is 5.91 Å². The van der Waals surface area contributed by atoms with Crippen molar-refractivity contribution in [2.75, 3.05) is 50.0 Å². The molecule has 5 aromatic rings. The van der Waals surface area contributed by atoms with Crippen molar-refractivity contribution in [2.45, 2.75) is 19.6 Å². The van der Waals surface area contributed by atoms with Crippen LogP contribution in [0.3, 0.4) is 0 Å². The number of aliphatic hydroxyl groups is 1. The molecule has 3 aromatic heterocycles. The molecule has 2 aromatic carbocycles. The van der Waals surface area contributed by atoms with E-state index in [1.807, 2.05) is 30.3 Å². The van der Waals surface area contributed by atoms with Crippen LogP contribution in [0.1, 0.15) is 38.3 Å². The maximum Gasteiger partial charge on any atom is 0.416 e. The molecule has 3 N–H and O–H groups in total. The molecule has 0 aliphatic carbocycles. The molecule has 0 unspecified atom stereocenters. The summed E-state index contributed by atoms with van der Waals surface area (Å²) in [6, 6.07) is 9.56. The van der Waals surface area contributed by atoms with Gasteiger partial charge in [-0.05, 0) is 66.4 Å². The standard InChI is InChI=1S/C35H34F4N8O2/c1-23-14-31(36)30(17-25(23)5-6-29-20-40-33-32(4-3-7-47(29)33)42-28-19-41-44(2)22-28)34(49)43-27-16-24(15-26(18-27)35(37,38)39)21-46-10-8-45(9-11-46)12-13-48/h3-4,7,14-20,22,42,48H,8-13,21H2,1-2H3,(H,43,49). The number of nitrogens with one attached hydrogen (secondary N) is 2. The van der Waals surface area contributed by atoms with Crippen LogP contribution in [-0.2, 0) is 19.8 Å². The molecule has 1 saturated heterocycles. The fourth-order valence-corrected chi connectivity index (χ4v) is 5.74. The zero-order valence-corrected chi connectivity index (χ0v) is 26.9. The molecule has 0 saturated carbocycles. The van der Waals surface area contributed by atoms with Crippen LogP contribution in [0, 0.1) is 24.6 Å². The van der Waals surface area contributed by atoms with Crippen molar-refractivity contribution in [2.24, 2.45) is 7.05 Å². The number of rotatable bonds is 8. The number of carbonyl (C=O) groups is 1. The minimum atomic E-state index is -4.65. The summed E-state index contributed by atoms with van der Waals surface area (Å²) in [6.45, 7) is 5.09. The third kappa shape index (κ3) is 7.92. The lowest BCUT2D eigenvalue weighted by Crippen LogP contribution is -2.46. The number of aromatic nitrogens is 4. The van der Waals surface area contributed by atoms with Gasteiger partial charge in [0.05, 0.1) is 41.5 Å². The van der Waals surface area contributed by atoms with Crippen molar-refractivity contribution in [1.82, 2.24) is 29.0 Å². The second-order valence-corrected chi connectivity index (χ2v) is 11.9. The van der Waals surface area contributed by atoms with Crippen molar-refractivity contribution in [3.05, 3.63) is 107 Å². The molecule has 0 spiro atoms. The number of piperazine rings is 1. The van der Waals surface area contributed by atoms with Gasteiger partial charge in [-0.15, -0.1) is 0 Å². The maximum atomic E-state index is 15.1. The third-order valence-corrected chi connectivity index (χ3v) is 8.27. The first-order chi connectivity index (χ1) is 23.5.